The van der Waals surface area contributed by atoms with Gasteiger partial charge < -0.3 is 5.11 Å². The lowest BCUT2D eigenvalue weighted by molar-refractivity contribution is -0.138. The second-order valence-corrected chi connectivity index (χ2v) is 5.06. The van der Waals surface area contributed by atoms with Crippen LogP contribution in [-0.4, -0.2) is 21.0 Å². The number of aromatic nitrogens is 2. The molecule has 1 atom stereocenters. The minimum atomic E-state index is -0.928. The van der Waals surface area contributed by atoms with Gasteiger partial charge in [0, 0.05) is 11.2 Å². The molecule has 0 aliphatic heterocycles. The summed E-state index contributed by atoms with van der Waals surface area (Å²) in [5.41, 5.74) is 2.80. The maximum Gasteiger partial charge on any atom is 0.312 e. The average Bonchev–Trinajstić information content (AvgIpc) is 2.41. The highest BCUT2D eigenvalue weighted by molar-refractivity contribution is 6.31. The number of hydrogen-bond donors (Lipinski definition) is 1. The van der Waals surface area contributed by atoms with Gasteiger partial charge in [0.05, 0.1) is 17.1 Å². The van der Waals surface area contributed by atoms with Gasteiger partial charge in [0.1, 0.15) is 5.92 Å². The summed E-state index contributed by atoms with van der Waals surface area (Å²) in [6, 6.07) is 7.23. The number of aryl methyl sites for hydroxylation is 2. The first-order chi connectivity index (χ1) is 9.49. The Morgan fingerprint density at radius 1 is 1.30 bits per heavy atom. The Kier molecular flexibility index (Phi) is 4.35. The van der Waals surface area contributed by atoms with Crippen LogP contribution in [0.1, 0.15) is 28.6 Å². The van der Waals surface area contributed by atoms with Crippen LogP contribution < -0.4 is 0 Å². The van der Waals surface area contributed by atoms with Crippen molar-refractivity contribution in [3.8, 4) is 0 Å². The lowest BCUT2D eigenvalue weighted by Crippen LogP contribution is -2.17. The van der Waals surface area contributed by atoms with Crippen molar-refractivity contribution in [1.82, 2.24) is 9.97 Å². The fourth-order valence-corrected chi connectivity index (χ4v) is 2.14. The molecule has 0 saturated heterocycles. The van der Waals surface area contributed by atoms with E-state index in [9.17, 15) is 9.90 Å². The number of benzene rings is 1. The molecule has 0 saturated carbocycles. The van der Waals surface area contributed by atoms with Crippen molar-refractivity contribution in [2.45, 2.75) is 26.2 Å². The van der Waals surface area contributed by atoms with Crippen LogP contribution in [0.5, 0.6) is 0 Å². The van der Waals surface area contributed by atoms with Crippen LogP contribution in [0.25, 0.3) is 0 Å². The van der Waals surface area contributed by atoms with Gasteiger partial charge >= 0.3 is 5.97 Å². The number of aliphatic carboxylic acids is 1. The van der Waals surface area contributed by atoms with E-state index in [4.69, 9.17) is 11.6 Å². The van der Waals surface area contributed by atoms with Crippen molar-refractivity contribution in [3.05, 3.63) is 58.1 Å². The van der Waals surface area contributed by atoms with Gasteiger partial charge in [0.25, 0.3) is 0 Å². The molecule has 0 bridgehead atoms. The zero-order valence-electron chi connectivity index (χ0n) is 11.3. The predicted octanol–water partition coefficient (Wildman–Crippen LogP) is 3.16. The zero-order chi connectivity index (χ0) is 14.7. The van der Waals surface area contributed by atoms with Crippen LogP contribution in [0, 0.1) is 13.8 Å². The molecule has 1 unspecified atom stereocenters. The van der Waals surface area contributed by atoms with Crippen LogP contribution >= 0.6 is 11.6 Å². The van der Waals surface area contributed by atoms with E-state index < -0.39 is 11.9 Å². The fourth-order valence-electron chi connectivity index (χ4n) is 1.93. The second kappa shape index (κ2) is 6.01. The van der Waals surface area contributed by atoms with Crippen LogP contribution in [0.3, 0.4) is 0 Å². The highest BCUT2D eigenvalue weighted by Gasteiger charge is 2.23. The van der Waals surface area contributed by atoms with Gasteiger partial charge in [-0.05, 0) is 31.9 Å². The molecule has 1 aromatic heterocycles. The molecule has 0 amide bonds. The summed E-state index contributed by atoms with van der Waals surface area (Å²) in [6.45, 7) is 3.66. The van der Waals surface area contributed by atoms with E-state index in [2.05, 4.69) is 9.97 Å². The minimum Gasteiger partial charge on any atom is -0.481 e. The molecule has 20 heavy (non-hydrogen) atoms. The number of hydrogen-bond acceptors (Lipinski definition) is 3. The van der Waals surface area contributed by atoms with E-state index in [-0.39, 0.29) is 0 Å². The Labute approximate surface area is 122 Å². The lowest BCUT2D eigenvalue weighted by Gasteiger charge is -2.13. The molecule has 1 aromatic carbocycles. The Morgan fingerprint density at radius 2 is 2.00 bits per heavy atom. The second-order valence-electron chi connectivity index (χ2n) is 4.65. The standard InChI is InChI=1S/C15H15ClN2O2/c1-9-10(2)18-14(8-17-9)12(15(19)20)7-11-5-3-4-6-13(11)16/h3-6,8,12H,7H2,1-2H3,(H,19,20). The molecule has 2 aromatic rings. The van der Waals surface area contributed by atoms with Gasteiger partial charge in [-0.1, -0.05) is 29.8 Å². The third kappa shape index (κ3) is 3.14. The summed E-state index contributed by atoms with van der Waals surface area (Å²) in [4.78, 5) is 20.0. The van der Waals surface area contributed by atoms with Crippen molar-refractivity contribution in [1.29, 1.82) is 0 Å². The molecule has 5 heteroatoms. The van der Waals surface area contributed by atoms with Gasteiger partial charge in [-0.25, -0.2) is 0 Å². The Morgan fingerprint density at radius 3 is 2.60 bits per heavy atom. The minimum absolute atomic E-state index is 0.298. The third-order valence-electron chi connectivity index (χ3n) is 3.25. The molecular formula is C15H15ClN2O2. The molecule has 1 N–H and O–H groups in total. The van der Waals surface area contributed by atoms with Gasteiger partial charge in [0.2, 0.25) is 0 Å². The van der Waals surface area contributed by atoms with Gasteiger partial charge in [-0.15, -0.1) is 0 Å². The first-order valence-corrected chi connectivity index (χ1v) is 6.63. The SMILES string of the molecule is Cc1ncc(C(Cc2ccccc2Cl)C(=O)O)nc1C. The smallest absolute Gasteiger partial charge is 0.312 e. The fraction of sp³-hybridized carbons (Fsp3) is 0.267. The number of rotatable bonds is 4. The van der Waals surface area contributed by atoms with Crippen molar-refractivity contribution in [2.24, 2.45) is 0 Å². The van der Waals surface area contributed by atoms with Crippen molar-refractivity contribution in [3.63, 3.8) is 0 Å². The summed E-state index contributed by atoms with van der Waals surface area (Å²) in [5, 5.41) is 9.99. The molecule has 0 radical (unpaired) electrons. The first kappa shape index (κ1) is 14.5. The summed E-state index contributed by atoms with van der Waals surface area (Å²) >= 11 is 6.09. The highest BCUT2D eigenvalue weighted by atomic mass is 35.5. The zero-order valence-corrected chi connectivity index (χ0v) is 12.1. The third-order valence-corrected chi connectivity index (χ3v) is 3.62. The van der Waals surface area contributed by atoms with E-state index in [0.29, 0.717) is 17.1 Å². The number of carboxylic acid groups (broad SMARTS) is 1. The van der Waals surface area contributed by atoms with Crippen LogP contribution in [-0.2, 0) is 11.2 Å². The molecule has 0 fully saturated rings. The number of carbonyl (C=O) groups is 1. The first-order valence-electron chi connectivity index (χ1n) is 6.25. The molecule has 0 aliphatic rings. The van der Waals surface area contributed by atoms with Crippen LogP contribution in [0.2, 0.25) is 5.02 Å². The maximum atomic E-state index is 11.5. The van der Waals surface area contributed by atoms with Crippen molar-refractivity contribution < 1.29 is 9.90 Å². The average molecular weight is 291 g/mol. The highest BCUT2D eigenvalue weighted by Crippen LogP contribution is 2.24. The largest absolute Gasteiger partial charge is 0.481 e. The van der Waals surface area contributed by atoms with E-state index in [0.717, 1.165) is 17.0 Å². The summed E-state index contributed by atoms with van der Waals surface area (Å²) in [5.74, 6) is -1.68. The maximum absolute atomic E-state index is 11.5. The van der Waals surface area contributed by atoms with E-state index in [1.54, 1.807) is 6.07 Å². The normalized spacial score (nSPS) is 12.2. The van der Waals surface area contributed by atoms with Crippen LogP contribution in [0.4, 0.5) is 0 Å². The molecule has 4 nitrogen and oxygen atoms in total. The Bertz CT molecular complexity index is 644. The molecule has 2 rings (SSSR count). The summed E-state index contributed by atoms with van der Waals surface area (Å²) in [6.07, 6.45) is 1.82. The Balaban J connectivity index is 2.34. The van der Waals surface area contributed by atoms with E-state index in [1.165, 1.54) is 6.20 Å². The van der Waals surface area contributed by atoms with Crippen molar-refractivity contribution in [2.75, 3.05) is 0 Å². The molecule has 104 valence electrons. The summed E-state index contributed by atoms with van der Waals surface area (Å²) < 4.78 is 0. The monoisotopic (exact) mass is 290 g/mol. The quantitative estimate of drug-likeness (QED) is 0.939. The Hall–Kier alpha value is -1.94. The molecular weight excluding hydrogens is 276 g/mol. The predicted molar refractivity (Wildman–Crippen MR) is 77.0 cm³/mol. The number of nitrogens with zero attached hydrogens (tertiary/aromatic N) is 2. The van der Waals surface area contributed by atoms with E-state index >= 15 is 0 Å². The van der Waals surface area contributed by atoms with Crippen LogP contribution in [0.15, 0.2) is 30.5 Å². The molecule has 0 spiro atoms. The topological polar surface area (TPSA) is 63.1 Å². The van der Waals surface area contributed by atoms with Gasteiger partial charge in [-0.3, -0.25) is 14.8 Å². The molecule has 0 aliphatic carbocycles. The van der Waals surface area contributed by atoms with E-state index in [1.807, 2.05) is 32.0 Å². The summed E-state index contributed by atoms with van der Waals surface area (Å²) in [7, 11) is 0. The van der Waals surface area contributed by atoms with Gasteiger partial charge in [0.15, 0.2) is 0 Å². The molecule has 1 heterocycles. The van der Waals surface area contributed by atoms with Crippen molar-refractivity contribution >= 4 is 17.6 Å². The number of carboxylic acids is 1. The van der Waals surface area contributed by atoms with Gasteiger partial charge in [-0.2, -0.15) is 0 Å². The number of halogens is 1. The lowest BCUT2D eigenvalue weighted by atomic mass is 9.96.